The predicted molar refractivity (Wildman–Crippen MR) is 67.0 cm³/mol. The van der Waals surface area contributed by atoms with Crippen LogP contribution in [0.1, 0.15) is 31.7 Å². The lowest BCUT2D eigenvalue weighted by Crippen LogP contribution is -2.47. The zero-order valence-corrected chi connectivity index (χ0v) is 10.4. The summed E-state index contributed by atoms with van der Waals surface area (Å²) in [6.45, 7) is 5.59. The van der Waals surface area contributed by atoms with E-state index < -0.39 is 0 Å². The summed E-state index contributed by atoms with van der Waals surface area (Å²) in [6.07, 6.45) is 1.27. The number of ether oxygens (including phenoxy) is 1. The highest BCUT2D eigenvalue weighted by Gasteiger charge is 2.37. The first-order valence-corrected chi connectivity index (χ1v) is 6.13. The fraction of sp³-hybridized carbons (Fsp3) is 0.571. The van der Waals surface area contributed by atoms with Crippen molar-refractivity contribution in [2.45, 2.75) is 32.2 Å². The van der Waals surface area contributed by atoms with Crippen molar-refractivity contribution < 1.29 is 4.74 Å². The van der Waals surface area contributed by atoms with E-state index in [4.69, 9.17) is 4.74 Å². The first-order valence-electron chi connectivity index (χ1n) is 6.13. The lowest BCUT2D eigenvalue weighted by Gasteiger charge is -2.43. The molecule has 2 rings (SSSR count). The monoisotopic (exact) mass is 219 g/mol. The van der Waals surface area contributed by atoms with E-state index in [1.807, 2.05) is 0 Å². The van der Waals surface area contributed by atoms with Gasteiger partial charge in [-0.05, 0) is 42.5 Å². The van der Waals surface area contributed by atoms with E-state index in [1.54, 1.807) is 7.11 Å². The van der Waals surface area contributed by atoms with Gasteiger partial charge in [0.15, 0.2) is 0 Å². The number of hydrogen-bond acceptors (Lipinski definition) is 2. The first-order chi connectivity index (χ1) is 7.76. The van der Waals surface area contributed by atoms with E-state index in [-0.39, 0.29) is 0 Å². The Kier molecular flexibility index (Phi) is 3.49. The molecular weight excluding hydrogens is 198 g/mol. The Morgan fingerprint density at radius 2 is 2.00 bits per heavy atom. The van der Waals surface area contributed by atoms with Gasteiger partial charge in [-0.1, -0.05) is 26.0 Å². The van der Waals surface area contributed by atoms with E-state index in [9.17, 15) is 0 Å². The third-order valence-electron chi connectivity index (χ3n) is 3.79. The highest BCUT2D eigenvalue weighted by molar-refractivity contribution is 5.31. The Labute approximate surface area is 98.0 Å². The van der Waals surface area contributed by atoms with Gasteiger partial charge in [0.05, 0.1) is 7.11 Å². The average Bonchev–Trinajstić information content (AvgIpc) is 2.34. The molecule has 2 heteroatoms. The molecule has 0 spiro atoms. The molecule has 0 saturated heterocycles. The molecule has 1 aliphatic carbocycles. The van der Waals surface area contributed by atoms with Crippen LogP contribution >= 0.6 is 0 Å². The maximum atomic E-state index is 5.17. The van der Waals surface area contributed by atoms with Crippen LogP contribution in [0.25, 0.3) is 0 Å². The first kappa shape index (κ1) is 11.5. The SMILES string of the molecule is CCNC1CC(c2ccc(OC)cc2)C1C. The lowest BCUT2D eigenvalue weighted by atomic mass is 9.67. The third-order valence-corrected chi connectivity index (χ3v) is 3.79. The summed E-state index contributed by atoms with van der Waals surface area (Å²) in [5, 5.41) is 3.53. The summed E-state index contributed by atoms with van der Waals surface area (Å²) in [6, 6.07) is 9.22. The fourth-order valence-corrected chi connectivity index (χ4v) is 2.61. The van der Waals surface area contributed by atoms with Crippen molar-refractivity contribution in [3.05, 3.63) is 29.8 Å². The van der Waals surface area contributed by atoms with Crippen molar-refractivity contribution in [1.29, 1.82) is 0 Å². The smallest absolute Gasteiger partial charge is 0.118 e. The van der Waals surface area contributed by atoms with Crippen molar-refractivity contribution in [1.82, 2.24) is 5.32 Å². The number of hydrogen-bond donors (Lipinski definition) is 1. The molecule has 2 nitrogen and oxygen atoms in total. The molecule has 0 heterocycles. The minimum Gasteiger partial charge on any atom is -0.497 e. The second-order valence-electron chi connectivity index (χ2n) is 4.64. The minimum absolute atomic E-state index is 0.706. The molecule has 1 fully saturated rings. The van der Waals surface area contributed by atoms with Crippen LogP contribution in [0.3, 0.4) is 0 Å². The zero-order valence-electron chi connectivity index (χ0n) is 10.4. The Morgan fingerprint density at radius 3 is 2.50 bits per heavy atom. The van der Waals surface area contributed by atoms with E-state index in [1.165, 1.54) is 12.0 Å². The average molecular weight is 219 g/mol. The zero-order chi connectivity index (χ0) is 11.5. The standard InChI is InChI=1S/C14H21NO/c1-4-15-14-9-13(10(14)2)11-5-7-12(16-3)8-6-11/h5-8,10,13-15H,4,9H2,1-3H3. The minimum atomic E-state index is 0.706. The van der Waals surface area contributed by atoms with Crippen LogP contribution in [0.4, 0.5) is 0 Å². The molecule has 16 heavy (non-hydrogen) atoms. The molecule has 1 aromatic carbocycles. The van der Waals surface area contributed by atoms with Gasteiger partial charge >= 0.3 is 0 Å². The van der Waals surface area contributed by atoms with Crippen LogP contribution in [0.15, 0.2) is 24.3 Å². The van der Waals surface area contributed by atoms with Gasteiger partial charge in [-0.15, -0.1) is 0 Å². The van der Waals surface area contributed by atoms with Crippen LogP contribution in [0.2, 0.25) is 0 Å². The highest BCUT2D eigenvalue weighted by atomic mass is 16.5. The number of nitrogens with one attached hydrogen (secondary N) is 1. The van der Waals surface area contributed by atoms with Gasteiger partial charge in [0.2, 0.25) is 0 Å². The summed E-state index contributed by atoms with van der Waals surface area (Å²) in [7, 11) is 1.71. The van der Waals surface area contributed by atoms with Gasteiger partial charge in [-0.25, -0.2) is 0 Å². The normalized spacial score (nSPS) is 28.6. The van der Waals surface area contributed by atoms with E-state index in [0.29, 0.717) is 6.04 Å². The van der Waals surface area contributed by atoms with Crippen LogP contribution < -0.4 is 10.1 Å². The van der Waals surface area contributed by atoms with Crippen LogP contribution in [-0.2, 0) is 0 Å². The van der Waals surface area contributed by atoms with Gasteiger partial charge in [0.1, 0.15) is 5.75 Å². The summed E-state index contributed by atoms with van der Waals surface area (Å²) in [5.41, 5.74) is 1.45. The molecule has 1 aliphatic rings. The molecule has 88 valence electrons. The second-order valence-corrected chi connectivity index (χ2v) is 4.64. The van der Waals surface area contributed by atoms with Crippen molar-refractivity contribution in [2.75, 3.05) is 13.7 Å². The Hall–Kier alpha value is -1.02. The number of benzene rings is 1. The maximum absolute atomic E-state index is 5.17. The van der Waals surface area contributed by atoms with Crippen molar-refractivity contribution >= 4 is 0 Å². The quantitative estimate of drug-likeness (QED) is 0.840. The molecular formula is C14H21NO. The van der Waals surface area contributed by atoms with Gasteiger partial charge in [-0.2, -0.15) is 0 Å². The van der Waals surface area contributed by atoms with E-state index in [0.717, 1.165) is 24.1 Å². The lowest BCUT2D eigenvalue weighted by molar-refractivity contribution is 0.187. The van der Waals surface area contributed by atoms with Gasteiger partial charge in [0, 0.05) is 6.04 Å². The summed E-state index contributed by atoms with van der Waals surface area (Å²) >= 11 is 0. The molecule has 0 aliphatic heterocycles. The molecule has 1 N–H and O–H groups in total. The molecule has 0 radical (unpaired) electrons. The van der Waals surface area contributed by atoms with Gasteiger partial charge in [0.25, 0.3) is 0 Å². The van der Waals surface area contributed by atoms with Crippen molar-refractivity contribution in [3.63, 3.8) is 0 Å². The molecule has 1 aromatic rings. The summed E-state index contributed by atoms with van der Waals surface area (Å²) in [4.78, 5) is 0. The molecule has 3 atom stereocenters. The summed E-state index contributed by atoms with van der Waals surface area (Å²) in [5.74, 6) is 2.40. The third kappa shape index (κ3) is 2.07. The van der Waals surface area contributed by atoms with Gasteiger partial charge < -0.3 is 10.1 Å². The van der Waals surface area contributed by atoms with Crippen LogP contribution in [0, 0.1) is 5.92 Å². The molecule has 0 aromatic heterocycles. The molecule has 0 bridgehead atoms. The van der Waals surface area contributed by atoms with Crippen LogP contribution in [0.5, 0.6) is 5.75 Å². The molecule has 1 saturated carbocycles. The topological polar surface area (TPSA) is 21.3 Å². The maximum Gasteiger partial charge on any atom is 0.118 e. The Morgan fingerprint density at radius 1 is 1.31 bits per heavy atom. The van der Waals surface area contributed by atoms with E-state index >= 15 is 0 Å². The molecule has 3 unspecified atom stereocenters. The number of rotatable bonds is 4. The van der Waals surface area contributed by atoms with E-state index in [2.05, 4.69) is 43.4 Å². The Balaban J connectivity index is 1.99. The fourth-order valence-electron chi connectivity index (χ4n) is 2.61. The van der Waals surface area contributed by atoms with Crippen molar-refractivity contribution in [2.24, 2.45) is 5.92 Å². The predicted octanol–water partition coefficient (Wildman–Crippen LogP) is 2.80. The molecule has 0 amide bonds. The van der Waals surface area contributed by atoms with Crippen LogP contribution in [-0.4, -0.2) is 19.7 Å². The Bertz CT molecular complexity index is 333. The van der Waals surface area contributed by atoms with Gasteiger partial charge in [-0.3, -0.25) is 0 Å². The van der Waals surface area contributed by atoms with Crippen molar-refractivity contribution in [3.8, 4) is 5.75 Å². The number of methoxy groups -OCH3 is 1. The second kappa shape index (κ2) is 4.88. The largest absolute Gasteiger partial charge is 0.497 e. The summed E-state index contributed by atoms with van der Waals surface area (Å²) < 4.78 is 5.17. The highest BCUT2D eigenvalue weighted by Crippen LogP contribution is 2.42.